The zero-order chi connectivity index (χ0) is 8.43. The van der Waals surface area contributed by atoms with E-state index in [1.165, 1.54) is 6.33 Å². The summed E-state index contributed by atoms with van der Waals surface area (Å²) in [5.41, 5.74) is -0.224. The molecule has 1 aromatic heterocycles. The van der Waals surface area contributed by atoms with E-state index in [-0.39, 0.29) is 11.4 Å². The first-order valence-electron chi connectivity index (χ1n) is 2.56. The van der Waals surface area contributed by atoms with Crippen LogP contribution in [0.25, 0.3) is 0 Å². The average molecular weight is 193 g/mol. The normalized spacial score (nSPS) is 9.64. The first kappa shape index (κ1) is 8.23. The van der Waals surface area contributed by atoms with Gasteiger partial charge in [0.25, 0.3) is 10.5 Å². The third-order valence-corrected chi connectivity index (χ3v) is 1.39. The molecule has 0 bridgehead atoms. The van der Waals surface area contributed by atoms with Crippen molar-refractivity contribution in [2.24, 2.45) is 0 Å². The third kappa shape index (κ3) is 1.58. The van der Waals surface area contributed by atoms with E-state index in [4.69, 9.17) is 23.2 Å². The number of imidazole rings is 1. The minimum absolute atomic E-state index is 0.0772. The molecule has 0 spiro atoms. The number of nitrogens with zero attached hydrogens (tertiary/aromatic N) is 1. The van der Waals surface area contributed by atoms with E-state index in [0.717, 1.165) is 0 Å². The van der Waals surface area contributed by atoms with Crippen LogP contribution in [0.5, 0.6) is 0 Å². The SMILES string of the molecule is O=C(Cl)c1nc[nH]c1C(=O)Cl. The fourth-order valence-electron chi connectivity index (χ4n) is 0.593. The van der Waals surface area contributed by atoms with Gasteiger partial charge in [-0.2, -0.15) is 0 Å². The first-order valence-corrected chi connectivity index (χ1v) is 3.31. The van der Waals surface area contributed by atoms with Crippen LogP contribution >= 0.6 is 23.2 Å². The lowest BCUT2D eigenvalue weighted by Gasteiger charge is -1.87. The second-order valence-electron chi connectivity index (χ2n) is 1.67. The predicted molar refractivity (Wildman–Crippen MR) is 39.0 cm³/mol. The molecule has 1 aromatic rings. The van der Waals surface area contributed by atoms with Crippen LogP contribution in [0.1, 0.15) is 21.0 Å². The number of aromatic amines is 1. The molecule has 58 valence electrons. The van der Waals surface area contributed by atoms with E-state index >= 15 is 0 Å². The van der Waals surface area contributed by atoms with E-state index in [2.05, 4.69) is 9.97 Å². The van der Waals surface area contributed by atoms with Crippen molar-refractivity contribution < 1.29 is 9.59 Å². The van der Waals surface area contributed by atoms with Crippen LogP contribution in [0, 0.1) is 0 Å². The quantitative estimate of drug-likeness (QED) is 0.716. The van der Waals surface area contributed by atoms with Gasteiger partial charge in [-0.3, -0.25) is 9.59 Å². The Morgan fingerprint density at radius 2 is 2.00 bits per heavy atom. The number of halogens is 2. The molecule has 11 heavy (non-hydrogen) atoms. The highest BCUT2D eigenvalue weighted by Gasteiger charge is 2.16. The number of carbonyl (C=O) groups excluding carboxylic acids is 2. The minimum atomic E-state index is -0.810. The Hall–Kier alpha value is -0.870. The van der Waals surface area contributed by atoms with Gasteiger partial charge >= 0.3 is 0 Å². The van der Waals surface area contributed by atoms with Crippen LogP contribution in [0.3, 0.4) is 0 Å². The van der Waals surface area contributed by atoms with Crippen molar-refractivity contribution in [1.29, 1.82) is 0 Å². The maximum absolute atomic E-state index is 10.5. The van der Waals surface area contributed by atoms with Crippen molar-refractivity contribution in [2.45, 2.75) is 0 Å². The first-order chi connectivity index (χ1) is 5.13. The summed E-state index contributed by atoms with van der Waals surface area (Å²) < 4.78 is 0. The maximum Gasteiger partial charge on any atom is 0.273 e. The summed E-state index contributed by atoms with van der Waals surface area (Å²) in [6.45, 7) is 0. The Kier molecular flexibility index (Phi) is 2.26. The smallest absolute Gasteiger partial charge is 0.273 e. The molecule has 0 amide bonds. The van der Waals surface area contributed by atoms with Gasteiger partial charge in [-0.15, -0.1) is 0 Å². The lowest BCUT2D eigenvalue weighted by Crippen LogP contribution is -1.99. The third-order valence-electron chi connectivity index (χ3n) is 1.02. The summed E-state index contributed by atoms with van der Waals surface area (Å²) in [7, 11) is 0. The zero-order valence-electron chi connectivity index (χ0n) is 5.10. The van der Waals surface area contributed by atoms with Gasteiger partial charge in [0.1, 0.15) is 5.69 Å². The maximum atomic E-state index is 10.5. The van der Waals surface area contributed by atoms with Crippen molar-refractivity contribution in [1.82, 2.24) is 9.97 Å². The summed E-state index contributed by atoms with van der Waals surface area (Å²) in [5.74, 6) is 0. The molecule has 1 heterocycles. The van der Waals surface area contributed by atoms with E-state index in [1.807, 2.05) is 0 Å². The fourth-order valence-corrected chi connectivity index (χ4v) is 0.880. The number of hydrogen-bond donors (Lipinski definition) is 1. The monoisotopic (exact) mass is 192 g/mol. The Morgan fingerprint density at radius 1 is 1.36 bits per heavy atom. The highest BCUT2D eigenvalue weighted by molar-refractivity contribution is 6.71. The molecule has 0 unspecified atom stereocenters. The molecule has 0 aromatic carbocycles. The molecule has 0 aliphatic rings. The van der Waals surface area contributed by atoms with Crippen molar-refractivity contribution in [3.8, 4) is 0 Å². The van der Waals surface area contributed by atoms with Gasteiger partial charge in [0.2, 0.25) is 0 Å². The summed E-state index contributed by atoms with van der Waals surface area (Å²) in [5, 5.41) is -1.60. The largest absolute Gasteiger partial charge is 0.340 e. The second kappa shape index (κ2) is 3.02. The molecule has 1 N–H and O–H groups in total. The summed E-state index contributed by atoms with van der Waals surface area (Å²) in [6, 6.07) is 0. The summed E-state index contributed by atoms with van der Waals surface area (Å²) in [6.07, 6.45) is 1.17. The molecule has 6 heteroatoms. The standard InChI is InChI=1S/C5H2Cl2N2O2/c6-4(10)2-3(5(7)11)9-1-8-2/h1H,(H,8,9). The molecule has 4 nitrogen and oxygen atoms in total. The van der Waals surface area contributed by atoms with Crippen LogP contribution in [0.15, 0.2) is 6.33 Å². The van der Waals surface area contributed by atoms with Gasteiger partial charge in [0, 0.05) is 0 Å². The Labute approximate surface area is 71.5 Å². The molecule has 0 atom stereocenters. The number of aromatic nitrogens is 2. The van der Waals surface area contributed by atoms with E-state index in [0.29, 0.717) is 0 Å². The highest BCUT2D eigenvalue weighted by Crippen LogP contribution is 2.08. The van der Waals surface area contributed by atoms with E-state index in [9.17, 15) is 9.59 Å². The Bertz CT molecular complexity index is 279. The molecule has 0 saturated heterocycles. The van der Waals surface area contributed by atoms with Gasteiger partial charge in [-0.1, -0.05) is 0 Å². The fraction of sp³-hybridized carbons (Fsp3) is 0. The number of nitrogens with one attached hydrogen (secondary N) is 1. The Balaban J connectivity index is 3.16. The predicted octanol–water partition coefficient (Wildman–Crippen LogP) is 1.17. The van der Waals surface area contributed by atoms with Crippen LogP contribution in [0.4, 0.5) is 0 Å². The van der Waals surface area contributed by atoms with Crippen LogP contribution < -0.4 is 0 Å². The van der Waals surface area contributed by atoms with E-state index in [1.54, 1.807) is 0 Å². The molecule has 1 rings (SSSR count). The number of hydrogen-bond acceptors (Lipinski definition) is 3. The molecule has 0 saturated carbocycles. The zero-order valence-corrected chi connectivity index (χ0v) is 6.61. The van der Waals surface area contributed by atoms with Crippen molar-refractivity contribution in [3.05, 3.63) is 17.7 Å². The topological polar surface area (TPSA) is 62.8 Å². The van der Waals surface area contributed by atoms with Crippen LogP contribution in [0.2, 0.25) is 0 Å². The number of rotatable bonds is 2. The van der Waals surface area contributed by atoms with Crippen LogP contribution in [-0.4, -0.2) is 20.5 Å². The second-order valence-corrected chi connectivity index (χ2v) is 2.36. The van der Waals surface area contributed by atoms with Gasteiger partial charge in [0.05, 0.1) is 6.33 Å². The van der Waals surface area contributed by atoms with Gasteiger partial charge in [-0.05, 0) is 23.2 Å². The Morgan fingerprint density at radius 3 is 2.36 bits per heavy atom. The summed E-state index contributed by atoms with van der Waals surface area (Å²) in [4.78, 5) is 26.9. The molecule has 0 radical (unpaired) electrons. The van der Waals surface area contributed by atoms with Gasteiger partial charge < -0.3 is 4.98 Å². The summed E-state index contributed by atoms with van der Waals surface area (Å²) >= 11 is 10.1. The molecular weight excluding hydrogens is 191 g/mol. The highest BCUT2D eigenvalue weighted by atomic mass is 35.5. The lowest BCUT2D eigenvalue weighted by molar-refractivity contribution is 0.104. The number of H-pyrrole nitrogens is 1. The van der Waals surface area contributed by atoms with Crippen LogP contribution in [-0.2, 0) is 0 Å². The molecule has 0 aliphatic heterocycles. The molecular formula is C5H2Cl2N2O2. The average Bonchev–Trinajstić information content (AvgIpc) is 2.32. The van der Waals surface area contributed by atoms with Crippen molar-refractivity contribution in [3.63, 3.8) is 0 Å². The van der Waals surface area contributed by atoms with Crippen molar-refractivity contribution >= 4 is 33.7 Å². The molecule has 0 aliphatic carbocycles. The molecule has 0 fully saturated rings. The van der Waals surface area contributed by atoms with Gasteiger partial charge in [-0.25, -0.2) is 4.98 Å². The van der Waals surface area contributed by atoms with Crippen molar-refractivity contribution in [2.75, 3.05) is 0 Å². The number of carbonyl (C=O) groups is 2. The lowest BCUT2D eigenvalue weighted by atomic mass is 10.4. The van der Waals surface area contributed by atoms with E-state index < -0.39 is 10.5 Å². The minimum Gasteiger partial charge on any atom is -0.340 e. The van der Waals surface area contributed by atoms with Gasteiger partial charge in [0.15, 0.2) is 5.69 Å².